The van der Waals surface area contributed by atoms with Crippen LogP contribution in [0.15, 0.2) is 12.1 Å². The Bertz CT molecular complexity index is 484. The molecule has 0 bridgehead atoms. The van der Waals surface area contributed by atoms with E-state index in [-0.39, 0.29) is 16.4 Å². The van der Waals surface area contributed by atoms with Gasteiger partial charge in [0.05, 0.1) is 16.0 Å². The zero-order valence-corrected chi connectivity index (χ0v) is 12.3. The van der Waals surface area contributed by atoms with E-state index in [0.717, 1.165) is 23.3 Å². The topological polar surface area (TPSA) is 55.2 Å². The van der Waals surface area contributed by atoms with Crippen molar-refractivity contribution in [2.75, 3.05) is 29.1 Å². The minimum atomic E-state index is -0.776. The molecule has 1 saturated heterocycles. The summed E-state index contributed by atoms with van der Waals surface area (Å²) in [5.41, 5.74) is -0.0112. The molecule has 1 aliphatic heterocycles. The molecular formula is C11H12ClFN2O2S2. The summed E-state index contributed by atoms with van der Waals surface area (Å²) in [7, 11) is 0. The van der Waals surface area contributed by atoms with Gasteiger partial charge in [-0.05, 0) is 6.07 Å². The van der Waals surface area contributed by atoms with E-state index >= 15 is 0 Å². The highest BCUT2D eigenvalue weighted by atomic mass is 35.5. The molecule has 1 atom stereocenters. The lowest BCUT2D eigenvalue weighted by molar-refractivity contribution is -0.384. The van der Waals surface area contributed by atoms with Gasteiger partial charge >= 0.3 is 0 Å². The molecular weight excluding hydrogens is 311 g/mol. The number of hydrogen-bond donors (Lipinski definition) is 1. The number of nitro benzene ring substituents is 1. The van der Waals surface area contributed by atoms with Gasteiger partial charge in [-0.3, -0.25) is 10.1 Å². The molecule has 19 heavy (non-hydrogen) atoms. The maximum Gasteiger partial charge on any atom is 0.295 e. The molecule has 0 radical (unpaired) electrons. The van der Waals surface area contributed by atoms with Crippen molar-refractivity contribution in [3.8, 4) is 0 Å². The number of benzene rings is 1. The van der Waals surface area contributed by atoms with Crippen LogP contribution < -0.4 is 5.32 Å². The van der Waals surface area contributed by atoms with Gasteiger partial charge in [-0.25, -0.2) is 4.39 Å². The summed E-state index contributed by atoms with van der Waals surface area (Å²) in [6.07, 6.45) is 0. The van der Waals surface area contributed by atoms with Crippen molar-refractivity contribution in [2.24, 2.45) is 0 Å². The first-order valence-electron chi connectivity index (χ1n) is 5.64. The first-order valence-corrected chi connectivity index (χ1v) is 8.22. The maximum absolute atomic E-state index is 13.2. The summed E-state index contributed by atoms with van der Waals surface area (Å²) in [5, 5.41) is 14.2. The summed E-state index contributed by atoms with van der Waals surface area (Å²) in [5.74, 6) is 2.47. The van der Waals surface area contributed by atoms with Crippen molar-refractivity contribution in [2.45, 2.75) is 5.25 Å². The Morgan fingerprint density at radius 3 is 2.95 bits per heavy atom. The first-order chi connectivity index (χ1) is 9.08. The number of halogens is 2. The average molecular weight is 323 g/mol. The Hall–Kier alpha value is -0.660. The third-order valence-corrected chi connectivity index (χ3v) is 5.77. The third-order valence-electron chi connectivity index (χ3n) is 2.64. The van der Waals surface area contributed by atoms with Gasteiger partial charge < -0.3 is 5.32 Å². The van der Waals surface area contributed by atoms with E-state index in [2.05, 4.69) is 5.32 Å². The van der Waals surface area contributed by atoms with Crippen molar-refractivity contribution >= 4 is 46.5 Å². The van der Waals surface area contributed by atoms with E-state index < -0.39 is 10.7 Å². The van der Waals surface area contributed by atoms with E-state index in [1.807, 2.05) is 23.5 Å². The lowest BCUT2D eigenvalue weighted by Gasteiger charge is -2.21. The van der Waals surface area contributed by atoms with Crippen molar-refractivity contribution in [3.05, 3.63) is 33.1 Å². The van der Waals surface area contributed by atoms with Crippen LogP contribution in [-0.4, -0.2) is 34.0 Å². The van der Waals surface area contributed by atoms with Gasteiger partial charge in [0.2, 0.25) is 0 Å². The Morgan fingerprint density at radius 1 is 1.53 bits per heavy atom. The number of hydrogen-bond acceptors (Lipinski definition) is 5. The number of nitro groups is 1. The Morgan fingerprint density at radius 2 is 2.32 bits per heavy atom. The molecule has 1 fully saturated rings. The Labute approximate surface area is 123 Å². The Balaban J connectivity index is 2.09. The van der Waals surface area contributed by atoms with Gasteiger partial charge in [-0.1, -0.05) is 11.6 Å². The SMILES string of the molecule is O=[N+]([O-])c1cc(F)c(Cl)cc1NCC1CSCCS1. The molecule has 1 N–H and O–H groups in total. The second kappa shape index (κ2) is 6.67. The summed E-state index contributed by atoms with van der Waals surface area (Å²) in [4.78, 5) is 10.3. The predicted molar refractivity (Wildman–Crippen MR) is 80.1 cm³/mol. The van der Waals surface area contributed by atoms with Crippen LogP contribution >= 0.6 is 35.1 Å². The monoisotopic (exact) mass is 322 g/mol. The zero-order valence-electron chi connectivity index (χ0n) is 9.90. The van der Waals surface area contributed by atoms with E-state index in [1.165, 1.54) is 6.07 Å². The van der Waals surface area contributed by atoms with Crippen LogP contribution in [0.5, 0.6) is 0 Å². The van der Waals surface area contributed by atoms with Gasteiger partial charge in [0.1, 0.15) is 11.5 Å². The van der Waals surface area contributed by atoms with E-state index in [1.54, 1.807) is 0 Å². The molecule has 0 saturated carbocycles. The standard InChI is InChI=1S/C11H12ClFN2O2S2/c12-8-3-10(11(15(16)17)4-9(8)13)14-5-7-6-18-1-2-19-7/h3-4,7,14H,1-2,5-6H2. The fourth-order valence-electron chi connectivity index (χ4n) is 1.71. The van der Waals surface area contributed by atoms with Crippen LogP contribution in [0.3, 0.4) is 0 Å². The smallest absolute Gasteiger partial charge is 0.295 e. The minimum absolute atomic E-state index is 0.112. The summed E-state index contributed by atoms with van der Waals surface area (Å²) < 4.78 is 13.2. The number of rotatable bonds is 4. The molecule has 4 nitrogen and oxygen atoms in total. The third kappa shape index (κ3) is 3.90. The fraction of sp³-hybridized carbons (Fsp3) is 0.455. The molecule has 104 valence electrons. The van der Waals surface area contributed by atoms with Gasteiger partial charge in [0.15, 0.2) is 0 Å². The number of nitrogens with one attached hydrogen (secondary N) is 1. The largest absolute Gasteiger partial charge is 0.378 e. The highest BCUT2D eigenvalue weighted by Crippen LogP contribution is 2.31. The van der Waals surface area contributed by atoms with Crippen LogP contribution in [0, 0.1) is 15.9 Å². The van der Waals surface area contributed by atoms with Crippen molar-refractivity contribution in [3.63, 3.8) is 0 Å². The van der Waals surface area contributed by atoms with Crippen molar-refractivity contribution < 1.29 is 9.31 Å². The second-order valence-corrected chi connectivity index (χ2v) is 6.95. The normalized spacial score (nSPS) is 19.2. The number of anilines is 1. The molecule has 2 rings (SSSR count). The van der Waals surface area contributed by atoms with Crippen molar-refractivity contribution in [1.82, 2.24) is 0 Å². The molecule has 1 aromatic rings. The van der Waals surface area contributed by atoms with Crippen LogP contribution in [-0.2, 0) is 0 Å². The fourth-order valence-corrected chi connectivity index (χ4v) is 4.48. The highest BCUT2D eigenvalue weighted by molar-refractivity contribution is 8.06. The molecule has 0 aliphatic carbocycles. The molecule has 1 unspecified atom stereocenters. The molecule has 1 aromatic carbocycles. The molecule has 1 aliphatic rings. The van der Waals surface area contributed by atoms with Crippen LogP contribution in [0.2, 0.25) is 5.02 Å². The summed E-state index contributed by atoms with van der Waals surface area (Å²) in [6, 6.07) is 2.13. The lowest BCUT2D eigenvalue weighted by atomic mass is 10.2. The van der Waals surface area contributed by atoms with Crippen LogP contribution in [0.1, 0.15) is 0 Å². The second-order valence-electron chi connectivity index (χ2n) is 3.99. The average Bonchev–Trinajstić information content (AvgIpc) is 2.40. The highest BCUT2D eigenvalue weighted by Gasteiger charge is 2.20. The molecule has 0 aromatic heterocycles. The minimum Gasteiger partial charge on any atom is -0.378 e. The lowest BCUT2D eigenvalue weighted by Crippen LogP contribution is -2.23. The molecule has 8 heteroatoms. The summed E-state index contributed by atoms with van der Waals surface area (Å²) >= 11 is 9.38. The van der Waals surface area contributed by atoms with E-state index in [4.69, 9.17) is 11.6 Å². The molecule has 0 amide bonds. The predicted octanol–water partition coefficient (Wildman–Crippen LogP) is 3.65. The number of thioether (sulfide) groups is 2. The quantitative estimate of drug-likeness (QED) is 0.677. The van der Waals surface area contributed by atoms with Gasteiger partial charge in [0, 0.05) is 29.1 Å². The van der Waals surface area contributed by atoms with Crippen LogP contribution in [0.4, 0.5) is 15.8 Å². The van der Waals surface area contributed by atoms with Gasteiger partial charge in [-0.2, -0.15) is 23.5 Å². The maximum atomic E-state index is 13.2. The molecule has 1 heterocycles. The van der Waals surface area contributed by atoms with E-state index in [0.29, 0.717) is 11.8 Å². The first kappa shape index (κ1) is 14.7. The zero-order chi connectivity index (χ0) is 13.8. The van der Waals surface area contributed by atoms with E-state index in [9.17, 15) is 14.5 Å². The van der Waals surface area contributed by atoms with Crippen LogP contribution in [0.25, 0.3) is 0 Å². The molecule has 0 spiro atoms. The number of nitrogens with zero attached hydrogens (tertiary/aromatic N) is 1. The summed E-state index contributed by atoms with van der Waals surface area (Å²) in [6.45, 7) is 0.612. The Kier molecular flexibility index (Phi) is 5.18. The van der Waals surface area contributed by atoms with Gasteiger partial charge in [-0.15, -0.1) is 0 Å². The van der Waals surface area contributed by atoms with Gasteiger partial charge in [0.25, 0.3) is 5.69 Å². The van der Waals surface area contributed by atoms with Crippen molar-refractivity contribution in [1.29, 1.82) is 0 Å².